The van der Waals surface area contributed by atoms with Gasteiger partial charge in [0.25, 0.3) is 0 Å². The number of benzene rings is 3. The third-order valence-corrected chi connectivity index (χ3v) is 17.4. The van der Waals surface area contributed by atoms with E-state index in [0.717, 1.165) is 23.9 Å². The predicted octanol–water partition coefficient (Wildman–Crippen LogP) is 5.74. The summed E-state index contributed by atoms with van der Waals surface area (Å²) in [5, 5.41) is 32.7. The highest BCUT2D eigenvalue weighted by molar-refractivity contribution is 6.62. The Bertz CT molecular complexity index is 3740. The van der Waals surface area contributed by atoms with Crippen LogP contribution in [0.5, 0.6) is 11.5 Å². The van der Waals surface area contributed by atoms with E-state index in [0.29, 0.717) is 72.4 Å². The van der Waals surface area contributed by atoms with Crippen LogP contribution in [0.2, 0.25) is 10.2 Å². The lowest BCUT2D eigenvalue weighted by Crippen LogP contribution is -2.71. The Morgan fingerprint density at radius 2 is 0.822 bits per heavy atom. The third-order valence-electron chi connectivity index (χ3n) is 16.7. The zero-order chi connectivity index (χ0) is 102. The number of aliphatic imine (C=N–C) groups is 1. The molecule has 26 nitrogen and oxygen atoms in total. The molecule has 0 fully saturated rings. The van der Waals surface area contributed by atoms with Crippen LogP contribution in [-0.2, 0) is 28.9 Å². The molecule has 129 heavy (non-hydrogen) atoms. The molecule has 41 N–H and O–H groups in total. The summed E-state index contributed by atoms with van der Waals surface area (Å²) in [5.41, 5.74) is 59.9. The third kappa shape index (κ3) is 72.9. The van der Waals surface area contributed by atoms with Crippen molar-refractivity contribution in [2.45, 2.75) is 162 Å². The van der Waals surface area contributed by atoms with Gasteiger partial charge in [0.05, 0.1) is 53.5 Å². The van der Waals surface area contributed by atoms with Crippen molar-refractivity contribution in [2.24, 2.45) is 33.0 Å². The molecule has 0 radical (unpaired) electrons. The number of azide groups is 1. The van der Waals surface area contributed by atoms with E-state index in [1.54, 1.807) is 48.5 Å². The largest absolute Gasteiger partial charge is 0.542 e. The first-order chi connectivity index (χ1) is 58.4. The molecule has 0 aliphatic rings. The van der Waals surface area contributed by atoms with Crippen molar-refractivity contribution in [3.8, 4) is 23.8 Å². The number of halogens is 34. The van der Waals surface area contributed by atoms with Gasteiger partial charge in [0, 0.05) is 78.9 Å². The molecule has 4 aromatic rings. The van der Waals surface area contributed by atoms with Crippen molar-refractivity contribution in [2.75, 3.05) is 49.4 Å². The van der Waals surface area contributed by atoms with Crippen LogP contribution < -0.4 is 85.2 Å². The van der Waals surface area contributed by atoms with Crippen molar-refractivity contribution >= 4 is 140 Å². The number of guanidine groups is 1. The van der Waals surface area contributed by atoms with Gasteiger partial charge in [-0.05, 0) is 149 Å². The number of carboxylic acids is 1. The summed E-state index contributed by atoms with van der Waals surface area (Å²) in [6.07, 6.45) is 4.84. The number of carbonyl (C=O) groups is 2. The lowest BCUT2D eigenvalue weighted by Gasteiger charge is -2.23. The number of unbranched alkanes of at least 4 members (excludes halogenated alkanes) is 1. The second-order valence-corrected chi connectivity index (χ2v) is 30.0. The maximum atomic E-state index is 12.5. The maximum absolute atomic E-state index is 12.5. The number of aliphatic carboxylic acids is 1. The Morgan fingerprint density at radius 1 is 0.473 bits per heavy atom. The van der Waals surface area contributed by atoms with Gasteiger partial charge in [-0.3, -0.25) is 14.6 Å². The Hall–Kier alpha value is -7.38. The second kappa shape index (κ2) is 65.3. The molecule has 0 spiro atoms. The number of terminal acetylenes is 1. The van der Waals surface area contributed by atoms with Gasteiger partial charge in [-0.2, -0.15) is 0 Å². The van der Waals surface area contributed by atoms with E-state index < -0.39 is 147 Å². The van der Waals surface area contributed by atoms with Crippen molar-refractivity contribution in [1.82, 2.24) is 5.16 Å². The SMILES string of the molecule is C#CCC([NH3+])[B-](F)(F)F.NC(=O)CCCC([NH3+])[B-](F)(F)F.NC(N)=NCCCC([NH3+])[B-](F)(F)F.NCCCCC([NH3+])[B-](F)(F)F.[N-]=[N+]=NCCC([NH3+])[B-](F)(F)F.[NH3+]C(CCCC(=O)O)[B-](F)(F)F.[NH3+]C(Cc1ccc(Cl)cc1)[B-](F)(F)F.[NH3+]C(Cc1ccc(N(CCCl)CCCl)cc1)[B-](F)(F)F.[NH3+]C(Cc1ccc(O)c(O)c1)[B-](F)(F)F.[NH3+]C(c1cc(Cl)no1)[B-](F)(F)F. The number of aromatic hydroxyl groups is 2. The van der Waals surface area contributed by atoms with E-state index in [4.69, 9.17) is 90.2 Å². The van der Waals surface area contributed by atoms with Crippen molar-refractivity contribution < 1.29 is 216 Å². The number of carboxylic acid groups (broad SMARTS) is 1. The molecule has 0 saturated heterocycles. The van der Waals surface area contributed by atoms with E-state index >= 15 is 0 Å². The molecule has 0 saturated carbocycles. The molecule has 10 atom stereocenters. The lowest BCUT2D eigenvalue weighted by atomic mass is 9.76. The summed E-state index contributed by atoms with van der Waals surface area (Å²) in [6, 6.07) is 17.9. The minimum Gasteiger partial charge on any atom is -0.504 e. The molecule has 0 aliphatic heterocycles. The first kappa shape index (κ1) is 132. The number of quaternary nitrogens is 10. The number of amides is 1. The summed E-state index contributed by atoms with van der Waals surface area (Å²) < 4.78 is 363. The quantitative estimate of drug-likeness (QED) is 0.00217. The minimum absolute atomic E-state index is 0.00181. The fourth-order valence-electron chi connectivity index (χ4n) is 8.33. The van der Waals surface area contributed by atoms with Crippen LogP contribution in [0.3, 0.4) is 0 Å². The zero-order valence-corrected chi connectivity index (χ0v) is 72.3. The van der Waals surface area contributed by atoms with Gasteiger partial charge in [0.2, 0.25) is 5.91 Å². The standard InChI is InChI=1S/C12H17BCl2F3N2.C8H9BClF3N.C8H10BF3NO2.C5H13BF3N4.C5H11BF3N2O.C5H13BF3N2.C5H10BF3NO2.C4H4BClF3N2O.C4H6BF3N.C3H7BF3N4/c14-5-7-20(8-6-15)11-3-1-10(2-4-11)9-12(19)13(16,17)18;10-7-3-1-6(2-4-7)5-8(14)9(11,12)13;10-9(11,12)8(13)4-5-1-2-6(14)7(15)3-5;7-6(8,9)4(10)2-1-3-13-5(11)12;7-6(8,9)4(10)2-1-3-5(11)12;7-6(8,9)5(11)3-1-2-4-10;7-6(8,9)4(10)2-1-3-5(11)12;6-3-1-2(12-11-3)4(10)5(7,8)9;1-2-3-4(9)5(6,7)8;5-4(6,7)3(8)1-2-10-11-9/h1-4,12H,5-9,19H2;1-4,8H,5,14H2;1-3,8,14-15H,4,13H2;4H,1-3,10H2,(H4,11,12,13);4H,1-3,10H2,(H2,11,12);5H,1-4,10-11H2;4H,1-3,10H2,(H,11,12);1,4H,10H2;1,4H,3,9H2;3H,1-2,8H2/q10*-1/p+10. The Kier molecular flexibility index (Phi) is 67.0. The summed E-state index contributed by atoms with van der Waals surface area (Å²) in [7, 11) is 0. The van der Waals surface area contributed by atoms with Crippen molar-refractivity contribution in [3.63, 3.8) is 0 Å². The minimum atomic E-state index is -5.04. The predicted molar refractivity (Wildman–Crippen MR) is 440 cm³/mol. The van der Waals surface area contributed by atoms with Crippen LogP contribution >= 0.6 is 46.4 Å². The summed E-state index contributed by atoms with van der Waals surface area (Å²) in [6.45, 7) is -47.0. The Morgan fingerprint density at radius 3 is 1.12 bits per heavy atom. The summed E-state index contributed by atoms with van der Waals surface area (Å²) in [4.78, 5) is 28.0. The molecule has 0 aliphatic carbocycles. The number of nitrogens with two attached hydrogens (primary N) is 4. The van der Waals surface area contributed by atoms with Crippen LogP contribution in [0.1, 0.15) is 112 Å². The van der Waals surface area contributed by atoms with Crippen LogP contribution in [-0.4, -0.2) is 206 Å². The Labute approximate surface area is 742 Å². The van der Waals surface area contributed by atoms with E-state index in [9.17, 15) is 139 Å². The van der Waals surface area contributed by atoms with Crippen molar-refractivity contribution in [1.29, 1.82) is 0 Å². The van der Waals surface area contributed by atoms with E-state index in [1.165, 1.54) is 6.07 Å². The molecule has 10 unspecified atom stereocenters. The number of hydrogen-bond donors (Lipinski definition) is 17. The molecule has 0 bridgehead atoms. The molecule has 70 heteroatoms. The van der Waals surface area contributed by atoms with E-state index in [2.05, 4.69) is 88.5 Å². The lowest BCUT2D eigenvalue weighted by molar-refractivity contribution is -0.410. The molecule has 4 rings (SSSR count). The second-order valence-electron chi connectivity index (χ2n) is 28.4. The van der Waals surface area contributed by atoms with Gasteiger partial charge in [-0.1, -0.05) is 63.8 Å². The first-order valence-electron chi connectivity index (χ1n) is 38.3. The number of phenolic OH excluding ortho intramolecular Hbond substituents is 2. The average Bonchev–Trinajstić information content (AvgIpc) is 1.70. The van der Waals surface area contributed by atoms with Gasteiger partial charge in [-0.15, -0.1) is 35.5 Å². The number of anilines is 1. The number of alkyl halides is 2. The molecule has 1 heterocycles. The molecule has 3 aromatic carbocycles. The van der Waals surface area contributed by atoms with E-state index in [-0.39, 0.29) is 119 Å². The number of carbonyl (C=O) groups excluding carboxylic acids is 1. The monoisotopic (exact) mass is 2010 g/mol. The van der Waals surface area contributed by atoms with Crippen LogP contribution in [0.25, 0.3) is 10.4 Å². The highest BCUT2D eigenvalue weighted by Crippen LogP contribution is 2.29. The van der Waals surface area contributed by atoms with Crippen LogP contribution in [0.15, 0.2) is 87.4 Å². The number of rotatable bonds is 42. The van der Waals surface area contributed by atoms with Gasteiger partial charge in [0.1, 0.15) is 5.94 Å². The molecular weight excluding hydrogens is 1900 g/mol. The molecule has 750 valence electrons. The maximum Gasteiger partial charge on any atom is 0.542 e. The molecule has 1 amide bonds. The number of phenols is 2. The molecule has 1 aromatic heterocycles. The highest BCUT2D eigenvalue weighted by atomic mass is 35.5. The first-order valence-corrected chi connectivity index (χ1v) is 40.1. The van der Waals surface area contributed by atoms with E-state index in [1.807, 2.05) is 10.8 Å². The molecular formula is C59H110B10Cl4F30N20O6. The normalized spacial score (nSPS) is 14.1. The van der Waals surface area contributed by atoms with Gasteiger partial charge in [0.15, 0.2) is 28.4 Å². The number of nitrogens with zero attached hydrogens (tertiary/aromatic N) is 6. The fourth-order valence-corrected chi connectivity index (χ4v) is 9.01. The van der Waals surface area contributed by atoms with Gasteiger partial charge < -0.3 is 234 Å². The van der Waals surface area contributed by atoms with Crippen LogP contribution in [0.4, 0.5) is 135 Å². The number of aromatic nitrogens is 1. The fraction of sp³-hybridized carbons (Fsp3) is 0.559. The van der Waals surface area contributed by atoms with Gasteiger partial charge >= 0.3 is 75.7 Å². The highest BCUT2D eigenvalue weighted by Gasteiger charge is 2.43. The average molecular weight is 2020 g/mol. The smallest absolute Gasteiger partial charge is 0.504 e. The summed E-state index contributed by atoms with van der Waals surface area (Å²) >= 11 is 22.3. The summed E-state index contributed by atoms with van der Waals surface area (Å²) in [5.74, 6) is -15.7. The van der Waals surface area contributed by atoms with Crippen molar-refractivity contribution in [3.05, 3.63) is 116 Å². The topological polar surface area (TPSA) is 566 Å². The zero-order valence-electron chi connectivity index (χ0n) is 69.3. The Balaban J connectivity index is -0.000000328. The number of primary amides is 1. The number of hydrogen-bond acceptors (Lipinski definition) is 10. The van der Waals surface area contributed by atoms with Gasteiger partial charge in [-0.25, -0.2) is 0 Å². The van der Waals surface area contributed by atoms with Crippen LogP contribution in [0, 0.1) is 12.3 Å².